The summed E-state index contributed by atoms with van der Waals surface area (Å²) in [7, 11) is -2.23. The van der Waals surface area contributed by atoms with Crippen molar-refractivity contribution >= 4 is 21.8 Å². The zero-order valence-corrected chi connectivity index (χ0v) is 18.8. The van der Waals surface area contributed by atoms with Crippen molar-refractivity contribution in [3.05, 3.63) is 54.1 Å². The summed E-state index contributed by atoms with van der Waals surface area (Å²) < 4.78 is 32.5. The molecule has 0 spiro atoms. The van der Waals surface area contributed by atoms with E-state index in [1.807, 2.05) is 0 Å². The lowest BCUT2D eigenvalue weighted by molar-refractivity contribution is -0.142. The first-order chi connectivity index (χ1) is 15.4. The summed E-state index contributed by atoms with van der Waals surface area (Å²) in [5.41, 5.74) is 1.81. The van der Waals surface area contributed by atoms with Gasteiger partial charge in [0.2, 0.25) is 10.0 Å². The molecule has 2 aromatic rings. The number of nitrogens with zero attached hydrogens (tertiary/aromatic N) is 2. The second kappa shape index (κ2) is 9.40. The van der Waals surface area contributed by atoms with Crippen molar-refractivity contribution in [2.24, 2.45) is 0 Å². The van der Waals surface area contributed by atoms with Crippen LogP contribution >= 0.6 is 0 Å². The number of hydrogen-bond acceptors (Lipinski definition) is 5. The van der Waals surface area contributed by atoms with Crippen LogP contribution in [0.4, 0.5) is 0 Å². The van der Waals surface area contributed by atoms with E-state index in [1.165, 1.54) is 7.05 Å². The van der Waals surface area contributed by atoms with Crippen LogP contribution < -0.4 is 4.72 Å². The van der Waals surface area contributed by atoms with Crippen molar-refractivity contribution in [3.8, 4) is 11.1 Å². The van der Waals surface area contributed by atoms with Crippen molar-refractivity contribution in [1.82, 2.24) is 14.5 Å². The largest absolute Gasteiger partial charge is 0.368 e. The van der Waals surface area contributed by atoms with Crippen LogP contribution in [0, 0.1) is 0 Å². The van der Waals surface area contributed by atoms with Crippen LogP contribution in [0.15, 0.2) is 53.4 Å². The van der Waals surface area contributed by atoms with Crippen LogP contribution in [-0.2, 0) is 19.6 Å². The van der Waals surface area contributed by atoms with Gasteiger partial charge in [0.1, 0.15) is 6.10 Å². The van der Waals surface area contributed by atoms with Gasteiger partial charge in [-0.1, -0.05) is 30.3 Å². The van der Waals surface area contributed by atoms with Gasteiger partial charge in [-0.2, -0.15) is 0 Å². The number of carbonyl (C=O) groups excluding carboxylic acids is 2. The summed E-state index contributed by atoms with van der Waals surface area (Å²) >= 11 is 0. The second-order valence-corrected chi connectivity index (χ2v) is 9.76. The predicted molar refractivity (Wildman–Crippen MR) is 120 cm³/mol. The quantitative estimate of drug-likeness (QED) is 0.738. The fourth-order valence-electron chi connectivity index (χ4n) is 4.13. The topological polar surface area (TPSA) is 96.0 Å². The lowest BCUT2D eigenvalue weighted by atomic mass is 10.0. The van der Waals surface area contributed by atoms with Gasteiger partial charge in [-0.15, -0.1) is 0 Å². The molecule has 2 heterocycles. The van der Waals surface area contributed by atoms with E-state index >= 15 is 0 Å². The van der Waals surface area contributed by atoms with Gasteiger partial charge in [0, 0.05) is 43.9 Å². The molecule has 2 aliphatic heterocycles. The maximum absolute atomic E-state index is 12.9. The van der Waals surface area contributed by atoms with Gasteiger partial charge < -0.3 is 14.5 Å². The van der Waals surface area contributed by atoms with Gasteiger partial charge in [-0.05, 0) is 43.7 Å². The van der Waals surface area contributed by atoms with Crippen molar-refractivity contribution in [2.45, 2.75) is 23.8 Å². The monoisotopic (exact) mass is 457 g/mol. The molecule has 0 unspecified atom stereocenters. The summed E-state index contributed by atoms with van der Waals surface area (Å²) in [4.78, 5) is 29.1. The molecule has 1 atom stereocenters. The molecule has 0 radical (unpaired) electrons. The standard InChI is InChI=1S/C23H27N3O5S/c1-24-32(29,30)21-7-3-2-5-19(21)17-8-10-18(11-9-17)22(27)25-12-14-26(15-13-25)23(28)20-6-4-16-31-20/h2-3,5,7-11,20,24H,4,6,12-16H2,1H3/t20-/m0/s1. The minimum Gasteiger partial charge on any atom is -0.368 e. The Bertz CT molecular complexity index is 1090. The Balaban J connectivity index is 1.43. The fraction of sp³-hybridized carbons (Fsp3) is 0.391. The second-order valence-electron chi connectivity index (χ2n) is 7.90. The van der Waals surface area contributed by atoms with E-state index < -0.39 is 10.0 Å². The third-order valence-electron chi connectivity index (χ3n) is 5.97. The Morgan fingerprint density at radius 2 is 1.62 bits per heavy atom. The Morgan fingerprint density at radius 1 is 0.969 bits per heavy atom. The minimum absolute atomic E-state index is 0.0224. The lowest BCUT2D eigenvalue weighted by Crippen LogP contribution is -2.52. The molecule has 0 bridgehead atoms. The number of sulfonamides is 1. The number of piperazine rings is 1. The smallest absolute Gasteiger partial charge is 0.253 e. The normalized spacial score (nSPS) is 19.2. The Kier molecular flexibility index (Phi) is 6.59. The zero-order valence-electron chi connectivity index (χ0n) is 18.0. The highest BCUT2D eigenvalue weighted by Crippen LogP contribution is 2.27. The molecular weight excluding hydrogens is 430 g/mol. The molecule has 2 saturated heterocycles. The summed E-state index contributed by atoms with van der Waals surface area (Å²) in [6.07, 6.45) is 1.35. The predicted octanol–water partition coefficient (Wildman–Crippen LogP) is 1.73. The molecule has 2 fully saturated rings. The number of benzene rings is 2. The summed E-state index contributed by atoms with van der Waals surface area (Å²) in [5.74, 6) is -0.0777. The maximum Gasteiger partial charge on any atom is 0.253 e. The molecule has 1 N–H and O–H groups in total. The minimum atomic E-state index is -3.61. The number of hydrogen-bond donors (Lipinski definition) is 1. The first kappa shape index (κ1) is 22.4. The van der Waals surface area contributed by atoms with E-state index in [9.17, 15) is 18.0 Å². The molecule has 8 nitrogen and oxygen atoms in total. The third kappa shape index (κ3) is 4.55. The summed E-state index contributed by atoms with van der Waals surface area (Å²) in [5, 5.41) is 0. The lowest BCUT2D eigenvalue weighted by Gasteiger charge is -2.35. The van der Waals surface area contributed by atoms with E-state index in [2.05, 4.69) is 4.72 Å². The van der Waals surface area contributed by atoms with E-state index in [4.69, 9.17) is 4.74 Å². The van der Waals surface area contributed by atoms with E-state index in [0.717, 1.165) is 12.8 Å². The highest BCUT2D eigenvalue weighted by Gasteiger charge is 2.31. The molecule has 170 valence electrons. The Labute approximate surface area is 188 Å². The van der Waals surface area contributed by atoms with E-state index in [0.29, 0.717) is 49.5 Å². The van der Waals surface area contributed by atoms with Crippen LogP contribution in [0.2, 0.25) is 0 Å². The van der Waals surface area contributed by atoms with Crippen LogP contribution in [-0.4, -0.2) is 76.0 Å². The third-order valence-corrected chi connectivity index (χ3v) is 7.44. The highest BCUT2D eigenvalue weighted by molar-refractivity contribution is 7.89. The average Bonchev–Trinajstić information content (AvgIpc) is 3.38. The van der Waals surface area contributed by atoms with Crippen molar-refractivity contribution in [2.75, 3.05) is 39.8 Å². The fourth-order valence-corrected chi connectivity index (χ4v) is 5.08. The summed E-state index contributed by atoms with van der Waals surface area (Å²) in [6, 6.07) is 13.7. The van der Waals surface area contributed by atoms with Crippen molar-refractivity contribution < 1.29 is 22.7 Å². The molecule has 4 rings (SSSR count). The molecule has 32 heavy (non-hydrogen) atoms. The van der Waals surface area contributed by atoms with Crippen LogP contribution in [0.3, 0.4) is 0 Å². The van der Waals surface area contributed by atoms with Gasteiger partial charge in [-0.25, -0.2) is 13.1 Å². The maximum atomic E-state index is 12.9. The number of ether oxygens (including phenoxy) is 1. The zero-order chi connectivity index (χ0) is 22.7. The van der Waals surface area contributed by atoms with Crippen molar-refractivity contribution in [3.63, 3.8) is 0 Å². The van der Waals surface area contributed by atoms with E-state index in [1.54, 1.807) is 58.3 Å². The first-order valence-corrected chi connectivity index (χ1v) is 12.2. The van der Waals surface area contributed by atoms with Gasteiger partial charge >= 0.3 is 0 Å². The molecule has 0 saturated carbocycles. The number of amides is 2. The molecule has 9 heteroatoms. The SMILES string of the molecule is CNS(=O)(=O)c1ccccc1-c1ccc(C(=O)N2CCN(C(=O)[C@@H]3CCCO3)CC2)cc1. The summed E-state index contributed by atoms with van der Waals surface area (Å²) in [6.45, 7) is 2.58. The average molecular weight is 458 g/mol. The highest BCUT2D eigenvalue weighted by atomic mass is 32.2. The van der Waals surface area contributed by atoms with Crippen LogP contribution in [0.1, 0.15) is 23.2 Å². The van der Waals surface area contributed by atoms with E-state index in [-0.39, 0.29) is 22.8 Å². The molecular formula is C23H27N3O5S. The van der Waals surface area contributed by atoms with Crippen LogP contribution in [0.25, 0.3) is 11.1 Å². The number of carbonyl (C=O) groups is 2. The van der Waals surface area contributed by atoms with Crippen molar-refractivity contribution in [1.29, 1.82) is 0 Å². The molecule has 0 aromatic heterocycles. The number of rotatable bonds is 5. The molecule has 2 aliphatic rings. The Morgan fingerprint density at radius 3 is 2.25 bits per heavy atom. The molecule has 2 aromatic carbocycles. The molecule has 2 amide bonds. The first-order valence-electron chi connectivity index (χ1n) is 10.7. The van der Waals surface area contributed by atoms with Gasteiger partial charge in [0.05, 0.1) is 4.90 Å². The Hall–Kier alpha value is -2.75. The van der Waals surface area contributed by atoms with Gasteiger partial charge in [0.15, 0.2) is 0 Å². The van der Waals surface area contributed by atoms with Gasteiger partial charge in [0.25, 0.3) is 11.8 Å². The van der Waals surface area contributed by atoms with Crippen LogP contribution in [0.5, 0.6) is 0 Å². The number of nitrogens with one attached hydrogen (secondary N) is 1. The molecule has 0 aliphatic carbocycles. The van der Waals surface area contributed by atoms with Gasteiger partial charge in [-0.3, -0.25) is 9.59 Å².